The van der Waals surface area contributed by atoms with Crippen LogP contribution in [0.15, 0.2) is 84.9 Å². The Morgan fingerprint density at radius 3 is 1.65 bits per heavy atom. The third-order valence-electron chi connectivity index (χ3n) is 9.48. The maximum Gasteiger partial charge on any atom is 0.494 e. The SMILES string of the molecule is CC(C)(C)c1ccc2c(c1)C(C)(C)c1cc(-c3cccc(-c4cccc(B5OC(C)(C)C(C)(C)O5)c4)c3)ccc1-2. The molecular weight excluding hydrogens is 487 g/mol. The Kier molecular flexibility index (Phi) is 6.04. The number of hydrogen-bond donors (Lipinski definition) is 0. The first kappa shape index (κ1) is 27.1. The zero-order chi connectivity index (χ0) is 28.7. The molecule has 4 aromatic carbocycles. The van der Waals surface area contributed by atoms with Crippen molar-refractivity contribution in [3.8, 4) is 33.4 Å². The van der Waals surface area contributed by atoms with Gasteiger partial charge in [-0.05, 0) is 101 Å². The molecule has 1 saturated heterocycles. The fourth-order valence-electron chi connectivity index (χ4n) is 6.11. The minimum atomic E-state index is -0.368. The molecule has 0 aromatic heterocycles. The van der Waals surface area contributed by atoms with E-state index in [2.05, 4.69) is 147 Å². The second-order valence-electron chi connectivity index (χ2n) is 14.2. The van der Waals surface area contributed by atoms with Crippen LogP contribution in [0.4, 0.5) is 0 Å². The summed E-state index contributed by atoms with van der Waals surface area (Å²) < 4.78 is 12.7. The molecule has 40 heavy (non-hydrogen) atoms. The van der Waals surface area contributed by atoms with Crippen molar-refractivity contribution in [1.29, 1.82) is 0 Å². The summed E-state index contributed by atoms with van der Waals surface area (Å²) in [6, 6.07) is 31.5. The van der Waals surface area contributed by atoms with Crippen molar-refractivity contribution in [2.75, 3.05) is 0 Å². The molecule has 204 valence electrons. The molecule has 0 radical (unpaired) electrons. The Bertz CT molecular complexity index is 1600. The standard InChI is InChI=1S/C37H41BO2/c1-34(2,3)28-17-19-31-30-18-16-27(22-32(30)35(4,5)33(31)23-28)25-13-10-12-24(20-25)26-14-11-15-29(21-26)38-39-36(6,7)37(8,9)40-38/h10-23H,1-9H3. The van der Waals surface area contributed by atoms with Crippen molar-refractivity contribution < 1.29 is 9.31 Å². The van der Waals surface area contributed by atoms with E-state index in [1.54, 1.807) is 0 Å². The Morgan fingerprint density at radius 1 is 0.550 bits per heavy atom. The van der Waals surface area contributed by atoms with Crippen LogP contribution in [0.3, 0.4) is 0 Å². The van der Waals surface area contributed by atoms with E-state index in [-0.39, 0.29) is 29.2 Å². The van der Waals surface area contributed by atoms with Gasteiger partial charge < -0.3 is 9.31 Å². The van der Waals surface area contributed by atoms with Crippen LogP contribution in [0.2, 0.25) is 0 Å². The second-order valence-corrected chi connectivity index (χ2v) is 14.2. The van der Waals surface area contributed by atoms with Crippen LogP contribution in [0.5, 0.6) is 0 Å². The highest BCUT2D eigenvalue weighted by Crippen LogP contribution is 2.50. The molecule has 1 fully saturated rings. The zero-order valence-electron chi connectivity index (χ0n) is 25.5. The van der Waals surface area contributed by atoms with Crippen molar-refractivity contribution >= 4 is 12.6 Å². The largest absolute Gasteiger partial charge is 0.494 e. The topological polar surface area (TPSA) is 18.5 Å². The van der Waals surface area contributed by atoms with Crippen LogP contribution in [0, 0.1) is 0 Å². The molecule has 6 rings (SSSR count). The smallest absolute Gasteiger partial charge is 0.399 e. The van der Waals surface area contributed by atoms with Gasteiger partial charge >= 0.3 is 7.12 Å². The predicted molar refractivity (Wildman–Crippen MR) is 169 cm³/mol. The number of fused-ring (bicyclic) bond motifs is 3. The molecule has 1 aliphatic carbocycles. The maximum absolute atomic E-state index is 6.33. The van der Waals surface area contributed by atoms with Gasteiger partial charge in [-0.1, -0.05) is 107 Å². The summed E-state index contributed by atoms with van der Waals surface area (Å²) >= 11 is 0. The fraction of sp³-hybridized carbons (Fsp3) is 0.351. The lowest BCUT2D eigenvalue weighted by Gasteiger charge is -2.32. The molecule has 1 heterocycles. The molecule has 0 N–H and O–H groups in total. The van der Waals surface area contributed by atoms with Gasteiger partial charge in [0.1, 0.15) is 0 Å². The number of benzene rings is 4. The van der Waals surface area contributed by atoms with Crippen molar-refractivity contribution in [2.24, 2.45) is 0 Å². The lowest BCUT2D eigenvalue weighted by molar-refractivity contribution is 0.00578. The third-order valence-corrected chi connectivity index (χ3v) is 9.48. The lowest BCUT2D eigenvalue weighted by Crippen LogP contribution is -2.41. The van der Waals surface area contributed by atoms with Gasteiger partial charge in [0.15, 0.2) is 0 Å². The van der Waals surface area contributed by atoms with Crippen LogP contribution in [-0.4, -0.2) is 18.3 Å². The van der Waals surface area contributed by atoms with Gasteiger partial charge in [-0.2, -0.15) is 0 Å². The lowest BCUT2D eigenvalue weighted by atomic mass is 9.78. The van der Waals surface area contributed by atoms with Gasteiger partial charge in [0.05, 0.1) is 11.2 Å². The van der Waals surface area contributed by atoms with Gasteiger partial charge in [0, 0.05) is 5.41 Å². The molecule has 0 amide bonds. The van der Waals surface area contributed by atoms with E-state index in [0.29, 0.717) is 0 Å². The normalized spacial score (nSPS) is 18.5. The van der Waals surface area contributed by atoms with Crippen LogP contribution >= 0.6 is 0 Å². The maximum atomic E-state index is 6.33. The van der Waals surface area contributed by atoms with Crippen LogP contribution in [0.25, 0.3) is 33.4 Å². The minimum Gasteiger partial charge on any atom is -0.399 e. The van der Waals surface area contributed by atoms with E-state index in [9.17, 15) is 0 Å². The molecule has 0 atom stereocenters. The highest BCUT2D eigenvalue weighted by molar-refractivity contribution is 6.62. The fourth-order valence-corrected chi connectivity index (χ4v) is 6.11. The molecule has 2 aliphatic rings. The monoisotopic (exact) mass is 528 g/mol. The van der Waals surface area contributed by atoms with Crippen molar-refractivity contribution in [3.63, 3.8) is 0 Å². The van der Waals surface area contributed by atoms with Gasteiger partial charge in [-0.15, -0.1) is 0 Å². The Labute approximate surface area is 240 Å². The zero-order valence-corrected chi connectivity index (χ0v) is 25.5. The molecule has 0 bridgehead atoms. The van der Waals surface area contributed by atoms with E-state index in [0.717, 1.165) is 11.0 Å². The first-order valence-corrected chi connectivity index (χ1v) is 14.5. The molecular formula is C37H41BO2. The van der Waals surface area contributed by atoms with Crippen LogP contribution in [0.1, 0.15) is 79.0 Å². The molecule has 0 saturated carbocycles. The highest BCUT2D eigenvalue weighted by atomic mass is 16.7. The van der Waals surface area contributed by atoms with Crippen molar-refractivity contribution in [2.45, 2.75) is 84.3 Å². The van der Waals surface area contributed by atoms with E-state index in [4.69, 9.17) is 9.31 Å². The quantitative estimate of drug-likeness (QED) is 0.247. The Morgan fingerprint density at radius 2 is 1.05 bits per heavy atom. The van der Waals surface area contributed by atoms with Crippen LogP contribution in [-0.2, 0) is 20.1 Å². The Hall–Kier alpha value is -3.14. The minimum absolute atomic E-state index is 0.0449. The van der Waals surface area contributed by atoms with E-state index < -0.39 is 0 Å². The highest BCUT2D eigenvalue weighted by Gasteiger charge is 2.51. The molecule has 2 nitrogen and oxygen atoms in total. The first-order chi connectivity index (χ1) is 18.7. The summed E-state index contributed by atoms with van der Waals surface area (Å²) in [7, 11) is -0.368. The predicted octanol–water partition coefficient (Wildman–Crippen LogP) is 8.92. The van der Waals surface area contributed by atoms with Crippen molar-refractivity contribution in [1.82, 2.24) is 0 Å². The summed E-state index contributed by atoms with van der Waals surface area (Å²) in [5, 5.41) is 0. The molecule has 3 heteroatoms. The summed E-state index contributed by atoms with van der Waals surface area (Å²) in [5.74, 6) is 0. The van der Waals surface area contributed by atoms with Crippen LogP contribution < -0.4 is 5.46 Å². The van der Waals surface area contributed by atoms with E-state index >= 15 is 0 Å². The molecule has 4 aromatic rings. The van der Waals surface area contributed by atoms with E-state index in [1.165, 1.54) is 44.5 Å². The molecule has 0 spiro atoms. The summed E-state index contributed by atoms with van der Waals surface area (Å²) in [6.45, 7) is 20.0. The Balaban J connectivity index is 1.34. The number of hydrogen-bond acceptors (Lipinski definition) is 2. The first-order valence-electron chi connectivity index (χ1n) is 14.5. The average Bonchev–Trinajstić information content (AvgIpc) is 3.27. The number of rotatable bonds is 3. The van der Waals surface area contributed by atoms with Gasteiger partial charge in [-0.3, -0.25) is 0 Å². The summed E-state index contributed by atoms with van der Waals surface area (Å²) in [5.41, 5.74) is 12.2. The van der Waals surface area contributed by atoms with Crippen molar-refractivity contribution in [3.05, 3.63) is 102 Å². The summed E-state index contributed by atoms with van der Waals surface area (Å²) in [4.78, 5) is 0. The van der Waals surface area contributed by atoms with Gasteiger partial charge in [0.25, 0.3) is 0 Å². The second kappa shape index (κ2) is 8.93. The summed E-state index contributed by atoms with van der Waals surface area (Å²) in [6.07, 6.45) is 0. The van der Waals surface area contributed by atoms with Gasteiger partial charge in [0.2, 0.25) is 0 Å². The molecule has 1 aliphatic heterocycles. The third kappa shape index (κ3) is 4.35. The average molecular weight is 529 g/mol. The van der Waals surface area contributed by atoms with Gasteiger partial charge in [-0.25, -0.2) is 0 Å². The molecule has 0 unspecified atom stereocenters. The van der Waals surface area contributed by atoms with E-state index in [1.807, 2.05) is 0 Å².